The van der Waals surface area contributed by atoms with Gasteiger partial charge in [0, 0.05) is 31.6 Å². The molecule has 9 heteroatoms. The molecular weight excluding hydrogens is 424 g/mol. The summed E-state index contributed by atoms with van der Waals surface area (Å²) in [5.74, 6) is 1.75. The molecule has 1 atom stereocenters. The van der Waals surface area contributed by atoms with Gasteiger partial charge in [0.15, 0.2) is 0 Å². The number of hydrogen-bond acceptors (Lipinski definition) is 7. The van der Waals surface area contributed by atoms with Gasteiger partial charge in [-0.3, -0.25) is 10.7 Å². The number of hydrogen-bond donors (Lipinski definition) is 4. The number of aromatic hydroxyl groups is 1. The van der Waals surface area contributed by atoms with Gasteiger partial charge in [0.2, 0.25) is 0 Å². The van der Waals surface area contributed by atoms with Crippen molar-refractivity contribution in [3.8, 4) is 17.2 Å². The number of ether oxygens (including phenoxy) is 2. The third-order valence-corrected chi connectivity index (χ3v) is 5.36. The highest BCUT2D eigenvalue weighted by Gasteiger charge is 2.22. The molecule has 0 aliphatic carbocycles. The van der Waals surface area contributed by atoms with Gasteiger partial charge in [-0.2, -0.15) is 0 Å². The van der Waals surface area contributed by atoms with Crippen LogP contribution in [0.4, 0.5) is 5.69 Å². The molecule has 1 fully saturated rings. The monoisotopic (exact) mass is 457 g/mol. The topological polar surface area (TPSA) is 124 Å². The second-order valence-corrected chi connectivity index (χ2v) is 8.50. The van der Waals surface area contributed by atoms with Crippen LogP contribution in [-0.2, 0) is 0 Å². The van der Waals surface area contributed by atoms with E-state index in [2.05, 4.69) is 9.89 Å². The van der Waals surface area contributed by atoms with Gasteiger partial charge >= 0.3 is 5.84 Å². The smallest absolute Gasteiger partial charge is 0.324 e. The van der Waals surface area contributed by atoms with Crippen molar-refractivity contribution in [1.82, 2.24) is 0 Å². The second-order valence-electron chi connectivity index (χ2n) is 8.50. The molecule has 1 aliphatic heterocycles. The number of nitrogens with zero attached hydrogens (tertiary/aromatic N) is 3. The molecule has 0 amide bonds. The fourth-order valence-electron chi connectivity index (χ4n) is 3.41. The SMILES string of the molecule is C[N+](O)=C(N)C=NC[C@@](C)(O)COc1ccc(N2CCC(Oc3ccc(O)cc3)CC2)cc1. The lowest BCUT2D eigenvalue weighted by atomic mass is 10.1. The van der Waals surface area contributed by atoms with Crippen molar-refractivity contribution in [2.45, 2.75) is 31.5 Å². The van der Waals surface area contributed by atoms with Crippen LogP contribution in [0.25, 0.3) is 0 Å². The maximum Gasteiger partial charge on any atom is 0.324 e. The Morgan fingerprint density at radius 3 is 2.36 bits per heavy atom. The van der Waals surface area contributed by atoms with Crippen LogP contribution in [0, 0.1) is 0 Å². The summed E-state index contributed by atoms with van der Waals surface area (Å²) < 4.78 is 12.5. The summed E-state index contributed by atoms with van der Waals surface area (Å²) >= 11 is 0. The lowest BCUT2D eigenvalue weighted by Gasteiger charge is -2.33. The van der Waals surface area contributed by atoms with Crippen LogP contribution in [0.1, 0.15) is 19.8 Å². The number of phenolic OH excluding ortho intramolecular Hbond substituents is 1. The maximum atomic E-state index is 10.4. The first-order valence-electron chi connectivity index (χ1n) is 10.9. The highest BCUT2D eigenvalue weighted by molar-refractivity contribution is 6.25. The van der Waals surface area contributed by atoms with Gasteiger partial charge in [-0.15, -0.1) is 0 Å². The molecule has 33 heavy (non-hydrogen) atoms. The average Bonchev–Trinajstić information content (AvgIpc) is 2.80. The van der Waals surface area contributed by atoms with E-state index in [1.807, 2.05) is 24.3 Å². The summed E-state index contributed by atoms with van der Waals surface area (Å²) in [6, 6.07) is 14.6. The van der Waals surface area contributed by atoms with Gasteiger partial charge in [0.25, 0.3) is 0 Å². The molecule has 1 saturated heterocycles. The third-order valence-electron chi connectivity index (χ3n) is 5.36. The summed E-state index contributed by atoms with van der Waals surface area (Å²) in [7, 11) is 1.39. The molecule has 5 N–H and O–H groups in total. The zero-order valence-electron chi connectivity index (χ0n) is 19.1. The Morgan fingerprint density at radius 2 is 1.76 bits per heavy atom. The van der Waals surface area contributed by atoms with E-state index >= 15 is 0 Å². The lowest BCUT2D eigenvalue weighted by Crippen LogP contribution is -2.38. The molecule has 9 nitrogen and oxygen atoms in total. The summed E-state index contributed by atoms with van der Waals surface area (Å²) in [4.78, 5) is 6.35. The predicted octanol–water partition coefficient (Wildman–Crippen LogP) is 2.03. The Bertz CT molecular complexity index is 946. The molecule has 3 rings (SSSR count). The first kappa shape index (κ1) is 24.2. The van der Waals surface area contributed by atoms with Crippen molar-refractivity contribution in [1.29, 1.82) is 0 Å². The number of rotatable bonds is 9. The number of piperidine rings is 1. The minimum Gasteiger partial charge on any atom is -0.508 e. The molecule has 0 radical (unpaired) electrons. The summed E-state index contributed by atoms with van der Waals surface area (Å²) in [6.45, 7) is 3.55. The van der Waals surface area contributed by atoms with E-state index < -0.39 is 5.60 Å². The molecule has 178 valence electrons. The van der Waals surface area contributed by atoms with E-state index in [1.54, 1.807) is 31.2 Å². The van der Waals surface area contributed by atoms with Crippen LogP contribution in [0.3, 0.4) is 0 Å². The fourth-order valence-corrected chi connectivity index (χ4v) is 3.41. The Hall–Kier alpha value is -3.46. The minimum atomic E-state index is -1.18. The Balaban J connectivity index is 1.44. The van der Waals surface area contributed by atoms with E-state index in [9.17, 15) is 15.4 Å². The number of aliphatic imine (C=N–C) groups is 1. The zero-order valence-corrected chi connectivity index (χ0v) is 19.1. The van der Waals surface area contributed by atoms with Crippen molar-refractivity contribution in [3.05, 3.63) is 48.5 Å². The molecule has 0 saturated carbocycles. The molecular formula is C24H33N4O5+. The maximum absolute atomic E-state index is 10.4. The summed E-state index contributed by atoms with van der Waals surface area (Å²) in [5.41, 5.74) is 5.48. The Morgan fingerprint density at radius 1 is 1.15 bits per heavy atom. The average molecular weight is 458 g/mol. The van der Waals surface area contributed by atoms with Crippen molar-refractivity contribution in [2.24, 2.45) is 10.7 Å². The van der Waals surface area contributed by atoms with Crippen molar-refractivity contribution in [2.75, 3.05) is 38.2 Å². The number of aliphatic hydroxyl groups is 1. The van der Waals surface area contributed by atoms with E-state index in [1.165, 1.54) is 13.3 Å². The van der Waals surface area contributed by atoms with Crippen molar-refractivity contribution >= 4 is 17.7 Å². The van der Waals surface area contributed by atoms with Gasteiger partial charge in [0.1, 0.15) is 48.8 Å². The molecule has 0 aromatic heterocycles. The van der Waals surface area contributed by atoms with Crippen LogP contribution in [-0.4, -0.2) is 77.2 Å². The van der Waals surface area contributed by atoms with Gasteiger partial charge in [-0.25, -0.2) is 0 Å². The molecule has 0 spiro atoms. The van der Waals surface area contributed by atoms with Crippen molar-refractivity contribution in [3.63, 3.8) is 0 Å². The van der Waals surface area contributed by atoms with Crippen LogP contribution in [0.15, 0.2) is 53.5 Å². The number of benzene rings is 2. The van der Waals surface area contributed by atoms with Crippen LogP contribution < -0.4 is 20.1 Å². The number of anilines is 1. The third kappa shape index (κ3) is 7.57. The predicted molar refractivity (Wildman–Crippen MR) is 127 cm³/mol. The van der Waals surface area contributed by atoms with Gasteiger partial charge in [-0.05, 0) is 55.5 Å². The first-order chi connectivity index (χ1) is 15.7. The lowest BCUT2D eigenvalue weighted by molar-refractivity contribution is -0.753. The van der Waals surface area contributed by atoms with E-state index in [0.717, 1.165) is 42.1 Å². The zero-order chi connectivity index (χ0) is 23.8. The molecule has 1 aliphatic rings. The number of amidine groups is 1. The molecule has 0 unspecified atom stereocenters. The minimum absolute atomic E-state index is 0.0680. The van der Waals surface area contributed by atoms with E-state index in [0.29, 0.717) is 5.75 Å². The van der Waals surface area contributed by atoms with Gasteiger partial charge in [0.05, 0.1) is 6.54 Å². The molecule has 0 bridgehead atoms. The van der Waals surface area contributed by atoms with Crippen LogP contribution >= 0.6 is 0 Å². The number of hydroxylamine groups is 1. The summed E-state index contributed by atoms with van der Waals surface area (Å²) in [6.07, 6.45) is 3.28. The summed E-state index contributed by atoms with van der Waals surface area (Å²) in [5, 5.41) is 29.0. The van der Waals surface area contributed by atoms with E-state index in [4.69, 9.17) is 15.2 Å². The Kier molecular flexibility index (Phi) is 8.00. The van der Waals surface area contributed by atoms with Crippen molar-refractivity contribution < 1.29 is 29.6 Å². The van der Waals surface area contributed by atoms with Crippen LogP contribution in [0.2, 0.25) is 0 Å². The largest absolute Gasteiger partial charge is 0.508 e. The fraction of sp³-hybridized carbons (Fsp3) is 0.417. The van der Waals surface area contributed by atoms with Gasteiger partial charge in [-0.1, -0.05) is 4.74 Å². The van der Waals surface area contributed by atoms with E-state index in [-0.39, 0.29) is 30.8 Å². The van der Waals surface area contributed by atoms with Gasteiger partial charge < -0.3 is 29.8 Å². The second kappa shape index (κ2) is 10.9. The number of phenols is 1. The molecule has 2 aromatic rings. The highest BCUT2D eigenvalue weighted by atomic mass is 16.5. The highest BCUT2D eigenvalue weighted by Crippen LogP contribution is 2.26. The number of nitrogens with two attached hydrogens (primary N) is 1. The normalized spacial score (nSPS) is 17.5. The quantitative estimate of drug-likeness (QED) is 0.149. The Labute approximate surface area is 194 Å². The standard InChI is InChI=1S/C24H32N4O5/c1-24(30,16-26-15-23(25)27(2)31)17-32-20-7-3-18(4-8-20)28-13-11-22(12-14-28)33-21-9-5-19(29)6-10-21/h3-10,15,22,25,29-31H,11-14,16-17H2,1-2H3/p+1/t24-/m1/s1. The first-order valence-corrected chi connectivity index (χ1v) is 10.9. The van der Waals surface area contributed by atoms with Crippen LogP contribution in [0.5, 0.6) is 17.2 Å². The molecule has 2 aromatic carbocycles. The molecule has 1 heterocycles.